The molecule has 0 atom stereocenters. The van der Waals surface area contributed by atoms with E-state index in [1.807, 2.05) is 0 Å². The third-order valence-electron chi connectivity index (χ3n) is 4.04. The summed E-state index contributed by atoms with van der Waals surface area (Å²) in [5.74, 6) is -1.03. The molecular weight excluding hydrogens is 288 g/mol. The smallest absolute Gasteiger partial charge is 0.292 e. The Labute approximate surface area is 127 Å². The van der Waals surface area contributed by atoms with Crippen molar-refractivity contribution in [1.82, 2.24) is 10.3 Å². The van der Waals surface area contributed by atoms with E-state index in [1.54, 1.807) is 24.4 Å². The highest BCUT2D eigenvalue weighted by Crippen LogP contribution is 2.23. The third kappa shape index (κ3) is 2.95. The fourth-order valence-corrected chi connectivity index (χ4v) is 3.07. The van der Waals surface area contributed by atoms with Gasteiger partial charge in [-0.3, -0.25) is 9.59 Å². The van der Waals surface area contributed by atoms with Crippen LogP contribution in [0.2, 0.25) is 5.02 Å². The second-order valence-corrected chi connectivity index (χ2v) is 5.97. The summed E-state index contributed by atoms with van der Waals surface area (Å²) in [7, 11) is 0. The van der Waals surface area contributed by atoms with Gasteiger partial charge in [0.05, 0.1) is 5.56 Å². The van der Waals surface area contributed by atoms with Crippen molar-refractivity contribution < 1.29 is 9.59 Å². The second kappa shape index (κ2) is 5.90. The van der Waals surface area contributed by atoms with Crippen LogP contribution in [0, 0.1) is 0 Å². The summed E-state index contributed by atoms with van der Waals surface area (Å²) in [6.45, 7) is 0. The van der Waals surface area contributed by atoms with E-state index >= 15 is 0 Å². The van der Waals surface area contributed by atoms with Crippen molar-refractivity contribution >= 4 is 34.2 Å². The number of carbonyl (C=O) groups is 2. The first kappa shape index (κ1) is 14.1. The topological polar surface area (TPSA) is 62.0 Å². The molecule has 2 N–H and O–H groups in total. The highest BCUT2D eigenvalue weighted by Gasteiger charge is 2.23. The van der Waals surface area contributed by atoms with Crippen molar-refractivity contribution in [2.75, 3.05) is 0 Å². The SMILES string of the molecule is O=C(NC1CCCCC1)C(=O)c1c[nH]c2ccc(Cl)cc12. The van der Waals surface area contributed by atoms with Gasteiger partial charge >= 0.3 is 0 Å². The molecule has 3 rings (SSSR count). The number of halogens is 1. The Hall–Kier alpha value is -1.81. The van der Waals surface area contributed by atoms with Gasteiger partial charge in [0.2, 0.25) is 0 Å². The molecule has 0 bridgehead atoms. The molecule has 1 saturated carbocycles. The lowest BCUT2D eigenvalue weighted by atomic mass is 9.95. The van der Waals surface area contributed by atoms with E-state index in [9.17, 15) is 9.59 Å². The van der Waals surface area contributed by atoms with Gasteiger partial charge in [0.25, 0.3) is 11.7 Å². The quantitative estimate of drug-likeness (QED) is 0.674. The van der Waals surface area contributed by atoms with Crippen LogP contribution in [-0.4, -0.2) is 22.7 Å². The number of fused-ring (bicyclic) bond motifs is 1. The molecule has 0 radical (unpaired) electrons. The maximum atomic E-state index is 12.3. The Morgan fingerprint density at radius 2 is 1.95 bits per heavy atom. The van der Waals surface area contributed by atoms with Gasteiger partial charge in [0.1, 0.15) is 0 Å². The van der Waals surface area contributed by atoms with E-state index in [0.29, 0.717) is 16.0 Å². The zero-order chi connectivity index (χ0) is 14.8. The maximum absolute atomic E-state index is 12.3. The average molecular weight is 305 g/mol. The predicted molar refractivity (Wildman–Crippen MR) is 82.7 cm³/mol. The number of nitrogens with one attached hydrogen (secondary N) is 2. The maximum Gasteiger partial charge on any atom is 0.292 e. The van der Waals surface area contributed by atoms with Crippen molar-refractivity contribution in [3.8, 4) is 0 Å². The molecule has 4 nitrogen and oxygen atoms in total. The summed E-state index contributed by atoms with van der Waals surface area (Å²) in [4.78, 5) is 27.5. The number of benzene rings is 1. The number of H-pyrrole nitrogens is 1. The number of aromatic amines is 1. The number of hydrogen-bond donors (Lipinski definition) is 2. The fraction of sp³-hybridized carbons (Fsp3) is 0.375. The predicted octanol–water partition coefficient (Wildman–Crippen LogP) is 3.45. The van der Waals surface area contributed by atoms with Crippen molar-refractivity contribution in [3.05, 3.63) is 35.0 Å². The summed E-state index contributed by atoms with van der Waals surface area (Å²) in [6.07, 6.45) is 6.92. The minimum absolute atomic E-state index is 0.129. The molecule has 0 saturated heterocycles. The van der Waals surface area contributed by atoms with Crippen LogP contribution in [0.25, 0.3) is 10.9 Å². The number of ketones is 1. The van der Waals surface area contributed by atoms with Crippen molar-refractivity contribution in [1.29, 1.82) is 0 Å². The molecule has 1 aliphatic rings. The van der Waals surface area contributed by atoms with E-state index in [0.717, 1.165) is 31.2 Å². The molecule has 1 aromatic heterocycles. The highest BCUT2D eigenvalue weighted by molar-refractivity contribution is 6.45. The first-order chi connectivity index (χ1) is 10.1. The van der Waals surface area contributed by atoms with Gasteiger partial charge in [-0.2, -0.15) is 0 Å². The van der Waals surface area contributed by atoms with Crippen LogP contribution in [0.1, 0.15) is 42.5 Å². The van der Waals surface area contributed by atoms with Crippen molar-refractivity contribution in [2.24, 2.45) is 0 Å². The third-order valence-corrected chi connectivity index (χ3v) is 4.27. The molecule has 110 valence electrons. The van der Waals surface area contributed by atoms with E-state index in [4.69, 9.17) is 11.6 Å². The van der Waals surface area contributed by atoms with Crippen LogP contribution in [0.4, 0.5) is 0 Å². The van der Waals surface area contributed by atoms with Crippen LogP contribution in [0.3, 0.4) is 0 Å². The molecule has 1 heterocycles. The van der Waals surface area contributed by atoms with E-state index < -0.39 is 11.7 Å². The van der Waals surface area contributed by atoms with Gasteiger partial charge in [-0.05, 0) is 31.0 Å². The fourth-order valence-electron chi connectivity index (χ4n) is 2.90. The Kier molecular flexibility index (Phi) is 3.97. The van der Waals surface area contributed by atoms with E-state index in [2.05, 4.69) is 10.3 Å². The molecule has 21 heavy (non-hydrogen) atoms. The number of aromatic nitrogens is 1. The molecule has 1 amide bonds. The molecular formula is C16H17ClN2O2. The Morgan fingerprint density at radius 3 is 2.71 bits per heavy atom. The van der Waals surface area contributed by atoms with Crippen LogP contribution in [0.15, 0.2) is 24.4 Å². The van der Waals surface area contributed by atoms with Crippen molar-refractivity contribution in [2.45, 2.75) is 38.1 Å². The molecule has 1 aliphatic carbocycles. The molecule has 2 aromatic rings. The highest BCUT2D eigenvalue weighted by atomic mass is 35.5. The summed E-state index contributed by atoms with van der Waals surface area (Å²) in [6, 6.07) is 5.38. The Balaban J connectivity index is 1.79. The number of amides is 1. The van der Waals surface area contributed by atoms with Gasteiger partial charge < -0.3 is 10.3 Å². The van der Waals surface area contributed by atoms with E-state index in [1.165, 1.54) is 6.42 Å². The lowest BCUT2D eigenvalue weighted by Crippen LogP contribution is -2.40. The Morgan fingerprint density at radius 1 is 1.19 bits per heavy atom. The summed E-state index contributed by atoms with van der Waals surface area (Å²) >= 11 is 5.96. The normalized spacial score (nSPS) is 16.0. The average Bonchev–Trinajstić information content (AvgIpc) is 2.90. The van der Waals surface area contributed by atoms with Gasteiger partial charge in [0, 0.05) is 28.2 Å². The lowest BCUT2D eigenvalue weighted by Gasteiger charge is -2.22. The monoisotopic (exact) mass is 304 g/mol. The van der Waals surface area contributed by atoms with Crippen LogP contribution in [0.5, 0.6) is 0 Å². The number of Topliss-reactive ketones (excluding diaryl/α,β-unsaturated/α-hetero) is 1. The first-order valence-corrected chi connectivity index (χ1v) is 7.65. The van der Waals surface area contributed by atoms with Gasteiger partial charge in [-0.25, -0.2) is 0 Å². The second-order valence-electron chi connectivity index (χ2n) is 5.53. The standard InChI is InChI=1S/C16H17ClN2O2/c17-10-6-7-14-12(8-10)13(9-18-14)15(20)16(21)19-11-4-2-1-3-5-11/h6-9,11,18H,1-5H2,(H,19,21). The van der Waals surface area contributed by atoms with Gasteiger partial charge in [-0.1, -0.05) is 30.9 Å². The number of carbonyl (C=O) groups excluding carboxylic acids is 2. The van der Waals surface area contributed by atoms with E-state index in [-0.39, 0.29) is 6.04 Å². The molecule has 0 aliphatic heterocycles. The minimum Gasteiger partial charge on any atom is -0.360 e. The summed E-state index contributed by atoms with van der Waals surface area (Å²) in [5, 5.41) is 4.08. The molecule has 5 heteroatoms. The summed E-state index contributed by atoms with van der Waals surface area (Å²) < 4.78 is 0. The number of rotatable bonds is 3. The largest absolute Gasteiger partial charge is 0.360 e. The van der Waals surface area contributed by atoms with Crippen LogP contribution in [-0.2, 0) is 4.79 Å². The summed E-state index contributed by atoms with van der Waals surface area (Å²) in [5.41, 5.74) is 1.18. The van der Waals surface area contributed by atoms with Crippen LogP contribution >= 0.6 is 11.6 Å². The van der Waals surface area contributed by atoms with Crippen LogP contribution < -0.4 is 5.32 Å². The van der Waals surface area contributed by atoms with Gasteiger partial charge in [0.15, 0.2) is 0 Å². The number of hydrogen-bond acceptors (Lipinski definition) is 2. The first-order valence-electron chi connectivity index (χ1n) is 7.27. The van der Waals surface area contributed by atoms with Crippen molar-refractivity contribution in [3.63, 3.8) is 0 Å². The molecule has 1 fully saturated rings. The van der Waals surface area contributed by atoms with Gasteiger partial charge in [-0.15, -0.1) is 0 Å². The molecule has 0 unspecified atom stereocenters. The minimum atomic E-state index is -0.525. The molecule has 0 spiro atoms. The zero-order valence-corrected chi connectivity index (χ0v) is 12.4. The molecule has 1 aromatic carbocycles. The Bertz CT molecular complexity index is 687. The lowest BCUT2D eigenvalue weighted by molar-refractivity contribution is -0.117. The zero-order valence-electron chi connectivity index (χ0n) is 11.6.